The van der Waals surface area contributed by atoms with Gasteiger partial charge in [0, 0.05) is 18.5 Å². The van der Waals surface area contributed by atoms with Crippen LogP contribution in [-0.2, 0) is 13.0 Å². The lowest BCUT2D eigenvalue weighted by atomic mass is 10.1. The Bertz CT molecular complexity index is 1280. The summed E-state index contributed by atoms with van der Waals surface area (Å²) in [6.07, 6.45) is 3.77. The van der Waals surface area contributed by atoms with E-state index in [1.807, 2.05) is 54.6 Å². The minimum absolute atomic E-state index is 0.0780. The monoisotopic (exact) mass is 487 g/mol. The molecule has 188 valence electrons. The maximum absolute atomic E-state index is 12.4. The number of fused-ring (bicyclic) bond motifs is 1. The number of amides is 1. The number of ether oxygens (including phenoxy) is 3. The van der Waals surface area contributed by atoms with E-state index in [0.29, 0.717) is 31.0 Å². The molecule has 1 heterocycles. The van der Waals surface area contributed by atoms with Crippen molar-refractivity contribution in [3.05, 3.63) is 84.2 Å². The van der Waals surface area contributed by atoms with E-state index in [-0.39, 0.29) is 5.91 Å². The van der Waals surface area contributed by atoms with Crippen LogP contribution in [0.2, 0.25) is 0 Å². The number of hydrogen-bond donors (Lipinski definition) is 1. The Hall–Kier alpha value is -4.00. The van der Waals surface area contributed by atoms with Gasteiger partial charge >= 0.3 is 0 Å². The first-order valence-corrected chi connectivity index (χ1v) is 12.3. The normalized spacial score (nSPS) is 10.8. The molecule has 1 aromatic heterocycles. The van der Waals surface area contributed by atoms with Gasteiger partial charge in [-0.1, -0.05) is 36.8 Å². The molecule has 4 aromatic rings. The third-order valence-electron chi connectivity index (χ3n) is 6.07. The van der Waals surface area contributed by atoms with Crippen LogP contribution in [0.4, 0.5) is 0 Å². The second kappa shape index (κ2) is 12.6. The summed E-state index contributed by atoms with van der Waals surface area (Å²) in [6, 6.07) is 23.1. The summed E-state index contributed by atoms with van der Waals surface area (Å²) in [4.78, 5) is 17.2. The summed E-state index contributed by atoms with van der Waals surface area (Å²) in [5, 5.41) is 2.99. The second-order valence-corrected chi connectivity index (χ2v) is 8.47. The Morgan fingerprint density at radius 2 is 1.69 bits per heavy atom. The fourth-order valence-corrected chi connectivity index (χ4v) is 4.20. The van der Waals surface area contributed by atoms with Crippen molar-refractivity contribution in [3.63, 3.8) is 0 Å². The molecule has 0 saturated carbocycles. The second-order valence-electron chi connectivity index (χ2n) is 8.47. The number of carbonyl (C=O) groups excluding carboxylic acids is 1. The SMILES string of the molecule is COc1cccc(C(=O)NCCCCCc2nc3ccccc3n2CCOc2ccccc2OC)c1. The lowest BCUT2D eigenvalue weighted by Gasteiger charge is -2.13. The molecule has 0 unspecified atom stereocenters. The zero-order chi connectivity index (χ0) is 25.2. The first-order valence-electron chi connectivity index (χ1n) is 12.3. The molecular formula is C29H33N3O4. The molecule has 0 radical (unpaired) electrons. The van der Waals surface area contributed by atoms with Gasteiger partial charge < -0.3 is 24.1 Å². The molecule has 3 aromatic carbocycles. The molecule has 0 bridgehead atoms. The average Bonchev–Trinajstić information content (AvgIpc) is 3.28. The molecule has 36 heavy (non-hydrogen) atoms. The predicted octanol–water partition coefficient (Wildman–Crippen LogP) is 5.28. The van der Waals surface area contributed by atoms with E-state index < -0.39 is 0 Å². The van der Waals surface area contributed by atoms with E-state index in [2.05, 4.69) is 16.0 Å². The Labute approximate surface area is 212 Å². The van der Waals surface area contributed by atoms with Gasteiger partial charge in [-0.05, 0) is 55.3 Å². The van der Waals surface area contributed by atoms with Crippen molar-refractivity contribution < 1.29 is 19.0 Å². The topological polar surface area (TPSA) is 74.6 Å². The van der Waals surface area contributed by atoms with Crippen LogP contribution in [0, 0.1) is 0 Å². The number of nitrogens with zero attached hydrogens (tertiary/aromatic N) is 2. The van der Waals surface area contributed by atoms with E-state index in [1.54, 1.807) is 26.4 Å². The Kier molecular flexibility index (Phi) is 8.81. The van der Waals surface area contributed by atoms with E-state index in [1.165, 1.54) is 0 Å². The quantitative estimate of drug-likeness (QED) is 0.260. The van der Waals surface area contributed by atoms with Crippen LogP contribution in [0.3, 0.4) is 0 Å². The van der Waals surface area contributed by atoms with Crippen LogP contribution in [0.25, 0.3) is 11.0 Å². The number of benzene rings is 3. The van der Waals surface area contributed by atoms with Crippen molar-refractivity contribution in [2.75, 3.05) is 27.4 Å². The van der Waals surface area contributed by atoms with Gasteiger partial charge in [-0.15, -0.1) is 0 Å². The minimum Gasteiger partial charge on any atom is -0.497 e. The van der Waals surface area contributed by atoms with Crippen LogP contribution in [0.15, 0.2) is 72.8 Å². The molecule has 7 heteroatoms. The summed E-state index contributed by atoms with van der Waals surface area (Å²) >= 11 is 0. The largest absolute Gasteiger partial charge is 0.497 e. The maximum Gasteiger partial charge on any atom is 0.251 e. The van der Waals surface area contributed by atoms with Gasteiger partial charge in [0.1, 0.15) is 18.2 Å². The van der Waals surface area contributed by atoms with E-state index in [4.69, 9.17) is 19.2 Å². The molecule has 0 saturated heterocycles. The minimum atomic E-state index is -0.0780. The fraction of sp³-hybridized carbons (Fsp3) is 0.310. The highest BCUT2D eigenvalue weighted by atomic mass is 16.5. The molecule has 4 rings (SSSR count). The molecule has 7 nitrogen and oxygen atoms in total. The highest BCUT2D eigenvalue weighted by Crippen LogP contribution is 2.26. The van der Waals surface area contributed by atoms with Gasteiger partial charge in [0.2, 0.25) is 0 Å². The zero-order valence-corrected chi connectivity index (χ0v) is 20.9. The number of imidazole rings is 1. The standard InChI is InChI=1S/C29H33N3O4/c1-34-23-12-10-11-22(21-23)29(33)30-18-9-3-4-17-28-31-24-13-5-6-14-25(24)32(28)19-20-36-27-16-8-7-15-26(27)35-2/h5-8,10-16,21H,3-4,9,17-20H2,1-2H3,(H,30,33). The number of hydrogen-bond acceptors (Lipinski definition) is 5. The number of methoxy groups -OCH3 is 2. The van der Waals surface area contributed by atoms with Crippen molar-refractivity contribution in [2.45, 2.75) is 32.2 Å². The van der Waals surface area contributed by atoms with Crippen LogP contribution < -0.4 is 19.5 Å². The summed E-state index contributed by atoms with van der Waals surface area (Å²) in [5.41, 5.74) is 2.72. The molecule has 0 fully saturated rings. The Morgan fingerprint density at radius 1 is 0.889 bits per heavy atom. The fourth-order valence-electron chi connectivity index (χ4n) is 4.20. The van der Waals surface area contributed by atoms with Gasteiger partial charge in [0.15, 0.2) is 11.5 Å². The number of aromatic nitrogens is 2. The number of para-hydroxylation sites is 4. The smallest absolute Gasteiger partial charge is 0.251 e. The first kappa shape index (κ1) is 25.1. The van der Waals surface area contributed by atoms with Crippen LogP contribution in [0.5, 0.6) is 17.2 Å². The number of carbonyl (C=O) groups is 1. The highest BCUT2D eigenvalue weighted by molar-refractivity contribution is 5.94. The van der Waals surface area contributed by atoms with Crippen molar-refractivity contribution in [1.29, 1.82) is 0 Å². The molecule has 0 aliphatic rings. The lowest BCUT2D eigenvalue weighted by Crippen LogP contribution is -2.24. The molecule has 0 aliphatic carbocycles. The van der Waals surface area contributed by atoms with Crippen molar-refractivity contribution in [3.8, 4) is 17.2 Å². The lowest BCUT2D eigenvalue weighted by molar-refractivity contribution is 0.0952. The Balaban J connectivity index is 1.28. The van der Waals surface area contributed by atoms with Gasteiger partial charge in [-0.3, -0.25) is 4.79 Å². The molecule has 0 spiro atoms. The van der Waals surface area contributed by atoms with Gasteiger partial charge in [0.05, 0.1) is 31.8 Å². The Morgan fingerprint density at radius 3 is 2.53 bits per heavy atom. The highest BCUT2D eigenvalue weighted by Gasteiger charge is 2.11. The average molecular weight is 488 g/mol. The van der Waals surface area contributed by atoms with E-state index >= 15 is 0 Å². The summed E-state index contributed by atoms with van der Waals surface area (Å²) < 4.78 is 18.8. The van der Waals surface area contributed by atoms with E-state index in [9.17, 15) is 4.79 Å². The number of nitrogens with one attached hydrogen (secondary N) is 1. The number of rotatable bonds is 13. The number of unbranched alkanes of at least 4 members (excludes halogenated alkanes) is 2. The van der Waals surface area contributed by atoms with Crippen molar-refractivity contribution in [1.82, 2.24) is 14.9 Å². The van der Waals surface area contributed by atoms with Crippen LogP contribution in [-0.4, -0.2) is 42.8 Å². The summed E-state index contributed by atoms with van der Waals surface area (Å²) in [7, 11) is 3.24. The summed E-state index contributed by atoms with van der Waals surface area (Å²) in [6.45, 7) is 1.85. The third kappa shape index (κ3) is 6.36. The molecule has 1 amide bonds. The molecule has 0 atom stereocenters. The van der Waals surface area contributed by atoms with Crippen molar-refractivity contribution in [2.24, 2.45) is 0 Å². The molecule has 1 N–H and O–H groups in total. The van der Waals surface area contributed by atoms with Crippen LogP contribution >= 0.6 is 0 Å². The first-order chi connectivity index (χ1) is 17.7. The molecular weight excluding hydrogens is 454 g/mol. The predicted molar refractivity (Wildman–Crippen MR) is 141 cm³/mol. The van der Waals surface area contributed by atoms with Gasteiger partial charge in [0.25, 0.3) is 5.91 Å². The maximum atomic E-state index is 12.4. The van der Waals surface area contributed by atoms with Crippen molar-refractivity contribution >= 4 is 16.9 Å². The van der Waals surface area contributed by atoms with Gasteiger partial charge in [-0.2, -0.15) is 0 Å². The van der Waals surface area contributed by atoms with Crippen LogP contribution in [0.1, 0.15) is 35.4 Å². The molecule has 0 aliphatic heterocycles. The number of aryl methyl sites for hydroxylation is 1. The van der Waals surface area contributed by atoms with Gasteiger partial charge in [-0.25, -0.2) is 4.98 Å². The summed E-state index contributed by atoms with van der Waals surface area (Å²) in [5.74, 6) is 3.12. The third-order valence-corrected chi connectivity index (χ3v) is 6.07. The zero-order valence-electron chi connectivity index (χ0n) is 20.9. The van der Waals surface area contributed by atoms with E-state index in [0.717, 1.165) is 54.0 Å².